The molecule has 146 valence electrons. The van der Waals surface area contributed by atoms with E-state index in [1.807, 2.05) is 19.1 Å². The van der Waals surface area contributed by atoms with Gasteiger partial charge in [0.25, 0.3) is 11.8 Å². The van der Waals surface area contributed by atoms with Gasteiger partial charge in [0.05, 0.1) is 17.7 Å². The number of hydrogen-bond donors (Lipinski definition) is 0. The third-order valence-corrected chi connectivity index (χ3v) is 5.58. The minimum atomic E-state index is -0.170. The molecule has 0 atom stereocenters. The van der Waals surface area contributed by atoms with Gasteiger partial charge in [0.15, 0.2) is 0 Å². The Hall–Kier alpha value is -2.73. The average Bonchev–Trinajstić information content (AvgIpc) is 2.96. The van der Waals surface area contributed by atoms with E-state index in [1.54, 1.807) is 30.5 Å². The van der Waals surface area contributed by atoms with E-state index in [0.29, 0.717) is 23.6 Å². The standard InChI is InChI=1S/C22H25N3O3/c1-16-14-18(6-9-23-16)28-15-17-7-10-24(11-8-17)12-13-25-21(26)19-4-2-3-5-20(19)22(25)27/h2-6,9,14,17H,7-8,10-13,15H2,1H3. The van der Waals surface area contributed by atoms with Crippen molar-refractivity contribution in [3.05, 3.63) is 59.4 Å². The summed E-state index contributed by atoms with van der Waals surface area (Å²) in [6.45, 7) is 5.78. The van der Waals surface area contributed by atoms with Gasteiger partial charge in [-0.1, -0.05) is 12.1 Å². The molecule has 3 heterocycles. The van der Waals surface area contributed by atoms with Gasteiger partial charge < -0.3 is 9.64 Å². The monoisotopic (exact) mass is 379 g/mol. The maximum atomic E-state index is 12.4. The molecule has 0 aliphatic carbocycles. The summed E-state index contributed by atoms with van der Waals surface area (Å²) < 4.78 is 5.91. The molecule has 1 saturated heterocycles. The lowest BCUT2D eigenvalue weighted by atomic mass is 9.98. The SMILES string of the molecule is Cc1cc(OCC2CCN(CCN3C(=O)c4ccccc4C3=O)CC2)ccn1. The predicted molar refractivity (Wildman–Crippen MR) is 105 cm³/mol. The first-order chi connectivity index (χ1) is 13.6. The molecule has 6 heteroatoms. The highest BCUT2D eigenvalue weighted by atomic mass is 16.5. The summed E-state index contributed by atoms with van der Waals surface area (Å²) in [6, 6.07) is 10.9. The Morgan fingerprint density at radius 2 is 1.71 bits per heavy atom. The van der Waals surface area contributed by atoms with Crippen LogP contribution in [0.4, 0.5) is 0 Å². The first kappa shape index (κ1) is 18.6. The van der Waals surface area contributed by atoms with Gasteiger partial charge in [0, 0.05) is 31.0 Å². The normalized spacial score (nSPS) is 17.8. The Bertz CT molecular complexity index is 840. The van der Waals surface area contributed by atoms with Crippen molar-refractivity contribution in [3.63, 3.8) is 0 Å². The Labute approximate surface area is 165 Å². The zero-order chi connectivity index (χ0) is 19.5. The minimum Gasteiger partial charge on any atom is -0.493 e. The summed E-state index contributed by atoms with van der Waals surface area (Å²) in [5.41, 5.74) is 2.00. The first-order valence-electron chi connectivity index (χ1n) is 9.85. The molecule has 0 spiro atoms. The second kappa shape index (κ2) is 8.10. The second-order valence-corrected chi connectivity index (χ2v) is 7.54. The number of aryl methyl sites for hydroxylation is 1. The van der Waals surface area contributed by atoms with E-state index >= 15 is 0 Å². The van der Waals surface area contributed by atoms with Crippen molar-refractivity contribution >= 4 is 11.8 Å². The average molecular weight is 379 g/mol. The molecular formula is C22H25N3O3. The van der Waals surface area contributed by atoms with Gasteiger partial charge in [-0.25, -0.2) is 0 Å². The number of nitrogens with zero attached hydrogens (tertiary/aromatic N) is 3. The van der Waals surface area contributed by atoms with Crippen LogP contribution in [0.5, 0.6) is 5.75 Å². The molecule has 2 aliphatic rings. The molecule has 6 nitrogen and oxygen atoms in total. The highest BCUT2D eigenvalue weighted by molar-refractivity contribution is 6.21. The Kier molecular flexibility index (Phi) is 5.39. The molecule has 4 rings (SSSR count). The lowest BCUT2D eigenvalue weighted by Gasteiger charge is -2.32. The summed E-state index contributed by atoms with van der Waals surface area (Å²) in [6.07, 6.45) is 3.89. The molecule has 1 aromatic carbocycles. The second-order valence-electron chi connectivity index (χ2n) is 7.54. The van der Waals surface area contributed by atoms with E-state index in [9.17, 15) is 9.59 Å². The Morgan fingerprint density at radius 1 is 1.04 bits per heavy atom. The molecule has 0 saturated carbocycles. The van der Waals surface area contributed by atoms with E-state index in [1.165, 1.54) is 4.90 Å². The van der Waals surface area contributed by atoms with Crippen LogP contribution in [0.3, 0.4) is 0 Å². The molecular weight excluding hydrogens is 354 g/mol. The molecule has 2 aromatic rings. The number of fused-ring (bicyclic) bond motifs is 1. The van der Waals surface area contributed by atoms with Crippen LogP contribution in [-0.4, -0.2) is 59.4 Å². The number of pyridine rings is 1. The number of carbonyl (C=O) groups is 2. The van der Waals surface area contributed by atoms with Crippen LogP contribution in [0.1, 0.15) is 39.3 Å². The van der Waals surface area contributed by atoms with Crippen molar-refractivity contribution in [2.24, 2.45) is 5.92 Å². The fourth-order valence-corrected chi connectivity index (χ4v) is 3.88. The number of aromatic nitrogens is 1. The number of piperidine rings is 1. The molecule has 0 radical (unpaired) electrons. The highest BCUT2D eigenvalue weighted by Crippen LogP contribution is 2.23. The summed E-state index contributed by atoms with van der Waals surface area (Å²) in [7, 11) is 0. The maximum absolute atomic E-state index is 12.4. The van der Waals surface area contributed by atoms with Gasteiger partial charge in [-0.05, 0) is 57.0 Å². The summed E-state index contributed by atoms with van der Waals surface area (Å²) >= 11 is 0. The fraction of sp³-hybridized carbons (Fsp3) is 0.409. The minimum absolute atomic E-state index is 0.170. The van der Waals surface area contributed by atoms with Crippen LogP contribution in [0.2, 0.25) is 0 Å². The van der Waals surface area contributed by atoms with Crippen LogP contribution >= 0.6 is 0 Å². The van der Waals surface area contributed by atoms with Crippen molar-refractivity contribution < 1.29 is 14.3 Å². The van der Waals surface area contributed by atoms with Crippen LogP contribution in [0, 0.1) is 12.8 Å². The van der Waals surface area contributed by atoms with Gasteiger partial charge >= 0.3 is 0 Å². The van der Waals surface area contributed by atoms with Crippen LogP contribution in [-0.2, 0) is 0 Å². The van der Waals surface area contributed by atoms with E-state index in [-0.39, 0.29) is 11.8 Å². The lowest BCUT2D eigenvalue weighted by Crippen LogP contribution is -2.42. The number of benzene rings is 1. The lowest BCUT2D eigenvalue weighted by molar-refractivity contribution is 0.0621. The van der Waals surface area contributed by atoms with Crippen molar-refractivity contribution in [2.45, 2.75) is 19.8 Å². The molecule has 28 heavy (non-hydrogen) atoms. The molecule has 1 aromatic heterocycles. The van der Waals surface area contributed by atoms with E-state index in [4.69, 9.17) is 4.74 Å². The molecule has 0 unspecified atom stereocenters. The molecule has 1 fully saturated rings. The fourth-order valence-electron chi connectivity index (χ4n) is 3.88. The number of amides is 2. The van der Waals surface area contributed by atoms with E-state index < -0.39 is 0 Å². The van der Waals surface area contributed by atoms with Crippen molar-refractivity contribution in [2.75, 3.05) is 32.8 Å². The van der Waals surface area contributed by atoms with Gasteiger partial charge in [0.1, 0.15) is 5.75 Å². The zero-order valence-electron chi connectivity index (χ0n) is 16.1. The van der Waals surface area contributed by atoms with Gasteiger partial charge in [0.2, 0.25) is 0 Å². The van der Waals surface area contributed by atoms with Gasteiger partial charge in [-0.3, -0.25) is 19.5 Å². The maximum Gasteiger partial charge on any atom is 0.261 e. The number of hydrogen-bond acceptors (Lipinski definition) is 5. The summed E-state index contributed by atoms with van der Waals surface area (Å²) in [4.78, 5) is 32.8. The zero-order valence-corrected chi connectivity index (χ0v) is 16.1. The molecule has 0 N–H and O–H groups in total. The largest absolute Gasteiger partial charge is 0.493 e. The third-order valence-electron chi connectivity index (χ3n) is 5.58. The highest BCUT2D eigenvalue weighted by Gasteiger charge is 2.35. The number of imide groups is 1. The third kappa shape index (κ3) is 3.92. The topological polar surface area (TPSA) is 62.7 Å². The summed E-state index contributed by atoms with van der Waals surface area (Å²) in [5, 5.41) is 0. The first-order valence-corrected chi connectivity index (χ1v) is 9.85. The van der Waals surface area contributed by atoms with Crippen molar-refractivity contribution in [3.8, 4) is 5.75 Å². The number of carbonyl (C=O) groups excluding carboxylic acids is 2. The van der Waals surface area contributed by atoms with Crippen molar-refractivity contribution in [1.82, 2.24) is 14.8 Å². The smallest absolute Gasteiger partial charge is 0.261 e. The predicted octanol–water partition coefficient (Wildman–Crippen LogP) is 2.78. The van der Waals surface area contributed by atoms with Crippen molar-refractivity contribution in [1.29, 1.82) is 0 Å². The van der Waals surface area contributed by atoms with Gasteiger partial charge in [-0.2, -0.15) is 0 Å². The number of likely N-dealkylation sites (tertiary alicyclic amines) is 1. The Morgan fingerprint density at radius 3 is 2.36 bits per heavy atom. The molecule has 2 amide bonds. The van der Waals surface area contributed by atoms with Gasteiger partial charge in [-0.15, -0.1) is 0 Å². The van der Waals surface area contributed by atoms with Crippen LogP contribution in [0.25, 0.3) is 0 Å². The van der Waals surface area contributed by atoms with E-state index in [0.717, 1.165) is 50.5 Å². The van der Waals surface area contributed by atoms with E-state index in [2.05, 4.69) is 9.88 Å². The number of ether oxygens (including phenoxy) is 1. The number of rotatable bonds is 6. The quantitative estimate of drug-likeness (QED) is 0.722. The molecule has 0 bridgehead atoms. The molecule has 2 aliphatic heterocycles. The summed E-state index contributed by atoms with van der Waals surface area (Å²) in [5.74, 6) is 1.07. The Balaban J connectivity index is 1.22. The van der Waals surface area contributed by atoms with Crippen LogP contribution < -0.4 is 4.74 Å². The van der Waals surface area contributed by atoms with Crippen LogP contribution in [0.15, 0.2) is 42.6 Å².